The summed E-state index contributed by atoms with van der Waals surface area (Å²) in [5.41, 5.74) is 2.15. The lowest BCUT2D eigenvalue weighted by atomic mass is 9.93. The number of methoxy groups -OCH3 is 1. The van der Waals surface area contributed by atoms with E-state index in [1.54, 1.807) is 7.11 Å². The van der Waals surface area contributed by atoms with Gasteiger partial charge in [0.2, 0.25) is 0 Å². The minimum absolute atomic E-state index is 0.707. The van der Waals surface area contributed by atoms with Crippen LogP contribution in [0.4, 0.5) is 0 Å². The second-order valence-corrected chi connectivity index (χ2v) is 5.97. The summed E-state index contributed by atoms with van der Waals surface area (Å²) in [5, 5.41) is 5.61. The van der Waals surface area contributed by atoms with Gasteiger partial charge in [-0.05, 0) is 51.4 Å². The molecule has 0 radical (unpaired) electrons. The van der Waals surface area contributed by atoms with Crippen LogP contribution < -0.4 is 4.74 Å². The van der Waals surface area contributed by atoms with Gasteiger partial charge in [0.05, 0.1) is 7.11 Å². The number of rotatable bonds is 2. The standard InChI is InChI=1S/C21H15ClO/c1-23-21-11-10-15(22)13-20(21)19-12-14-6-2-3-7-16(14)17-8-4-5-9-18(17)19/h2-13H,1H3. The molecule has 112 valence electrons. The minimum atomic E-state index is 0.707. The number of hydrogen-bond donors (Lipinski definition) is 0. The highest BCUT2D eigenvalue weighted by Crippen LogP contribution is 2.39. The zero-order chi connectivity index (χ0) is 15.8. The van der Waals surface area contributed by atoms with Gasteiger partial charge in [0.1, 0.15) is 5.75 Å². The summed E-state index contributed by atoms with van der Waals surface area (Å²) in [5.74, 6) is 0.829. The molecule has 0 fully saturated rings. The fourth-order valence-electron chi connectivity index (χ4n) is 3.17. The molecule has 0 spiro atoms. The lowest BCUT2D eigenvalue weighted by Gasteiger charge is -2.14. The van der Waals surface area contributed by atoms with Crippen molar-refractivity contribution in [3.05, 3.63) is 77.8 Å². The van der Waals surface area contributed by atoms with Crippen molar-refractivity contribution in [1.82, 2.24) is 0 Å². The van der Waals surface area contributed by atoms with E-state index < -0.39 is 0 Å². The normalized spacial score (nSPS) is 11.0. The zero-order valence-electron chi connectivity index (χ0n) is 12.7. The summed E-state index contributed by atoms with van der Waals surface area (Å²) >= 11 is 6.24. The molecule has 1 nitrogen and oxygen atoms in total. The van der Waals surface area contributed by atoms with E-state index in [0.717, 1.165) is 16.9 Å². The van der Waals surface area contributed by atoms with Crippen molar-refractivity contribution >= 4 is 33.1 Å². The fraction of sp³-hybridized carbons (Fsp3) is 0.0476. The van der Waals surface area contributed by atoms with Crippen LogP contribution >= 0.6 is 11.6 Å². The lowest BCUT2D eigenvalue weighted by Crippen LogP contribution is -1.90. The van der Waals surface area contributed by atoms with Gasteiger partial charge in [0.15, 0.2) is 0 Å². The Morgan fingerprint density at radius 3 is 2.17 bits per heavy atom. The molecule has 23 heavy (non-hydrogen) atoms. The maximum atomic E-state index is 6.24. The molecule has 4 aromatic carbocycles. The maximum Gasteiger partial charge on any atom is 0.126 e. The summed E-state index contributed by atoms with van der Waals surface area (Å²) in [6.45, 7) is 0. The first-order chi connectivity index (χ1) is 11.3. The highest BCUT2D eigenvalue weighted by molar-refractivity contribution is 6.31. The number of hydrogen-bond acceptors (Lipinski definition) is 1. The van der Waals surface area contributed by atoms with Crippen molar-refractivity contribution in [3.63, 3.8) is 0 Å². The second kappa shape index (κ2) is 5.60. The van der Waals surface area contributed by atoms with Gasteiger partial charge in [-0.2, -0.15) is 0 Å². The highest BCUT2D eigenvalue weighted by Gasteiger charge is 2.12. The Morgan fingerprint density at radius 1 is 0.696 bits per heavy atom. The first kappa shape index (κ1) is 14.1. The molecule has 0 aromatic heterocycles. The molecule has 0 heterocycles. The number of fused-ring (bicyclic) bond motifs is 3. The first-order valence-corrected chi connectivity index (χ1v) is 7.90. The third kappa shape index (κ3) is 2.34. The molecule has 4 rings (SSSR count). The van der Waals surface area contributed by atoms with Gasteiger partial charge >= 0.3 is 0 Å². The molecule has 2 heteroatoms. The second-order valence-electron chi connectivity index (χ2n) is 5.54. The third-order valence-corrected chi connectivity index (χ3v) is 4.45. The van der Waals surface area contributed by atoms with E-state index >= 15 is 0 Å². The van der Waals surface area contributed by atoms with Crippen molar-refractivity contribution in [2.75, 3.05) is 7.11 Å². The minimum Gasteiger partial charge on any atom is -0.496 e. The van der Waals surface area contributed by atoms with Gasteiger partial charge in [0.25, 0.3) is 0 Å². The Morgan fingerprint density at radius 2 is 1.39 bits per heavy atom. The summed E-state index contributed by atoms with van der Waals surface area (Å²) in [6.07, 6.45) is 0. The number of halogens is 1. The van der Waals surface area contributed by atoms with E-state index in [4.69, 9.17) is 16.3 Å². The van der Waals surface area contributed by atoms with E-state index in [1.165, 1.54) is 21.5 Å². The fourth-order valence-corrected chi connectivity index (χ4v) is 3.34. The third-order valence-electron chi connectivity index (χ3n) is 4.22. The van der Waals surface area contributed by atoms with Gasteiger partial charge in [-0.15, -0.1) is 0 Å². The van der Waals surface area contributed by atoms with Gasteiger partial charge < -0.3 is 4.74 Å². The summed E-state index contributed by atoms with van der Waals surface area (Å²) in [4.78, 5) is 0. The molecule has 0 saturated carbocycles. The predicted molar refractivity (Wildman–Crippen MR) is 98.5 cm³/mol. The van der Waals surface area contributed by atoms with Crippen LogP contribution in [0.2, 0.25) is 5.02 Å². The van der Waals surface area contributed by atoms with Crippen LogP contribution in [0.5, 0.6) is 5.75 Å². The van der Waals surface area contributed by atoms with Gasteiger partial charge in [-0.1, -0.05) is 60.1 Å². The molecule has 4 aromatic rings. The molecular formula is C21H15ClO. The highest BCUT2D eigenvalue weighted by atomic mass is 35.5. The van der Waals surface area contributed by atoms with Crippen molar-refractivity contribution in [3.8, 4) is 16.9 Å². The Hall–Kier alpha value is -2.51. The van der Waals surface area contributed by atoms with E-state index in [2.05, 4.69) is 54.6 Å². The van der Waals surface area contributed by atoms with Crippen LogP contribution in [0.3, 0.4) is 0 Å². The van der Waals surface area contributed by atoms with Crippen LogP contribution in [0.1, 0.15) is 0 Å². The molecule has 0 aliphatic carbocycles. The number of benzene rings is 4. The Bertz CT molecular complexity index is 1020. The molecular weight excluding hydrogens is 304 g/mol. The zero-order valence-corrected chi connectivity index (χ0v) is 13.5. The first-order valence-electron chi connectivity index (χ1n) is 7.52. The van der Waals surface area contributed by atoms with E-state index in [-0.39, 0.29) is 0 Å². The summed E-state index contributed by atoms with van der Waals surface area (Å²) in [6, 6.07) is 24.9. The number of ether oxygens (including phenoxy) is 1. The Kier molecular flexibility index (Phi) is 3.44. The molecule has 0 atom stereocenters. The summed E-state index contributed by atoms with van der Waals surface area (Å²) in [7, 11) is 1.69. The largest absolute Gasteiger partial charge is 0.496 e. The Labute approximate surface area is 140 Å². The monoisotopic (exact) mass is 318 g/mol. The molecule has 0 aliphatic rings. The van der Waals surface area contributed by atoms with Crippen LogP contribution in [0.15, 0.2) is 72.8 Å². The van der Waals surface area contributed by atoms with Crippen molar-refractivity contribution < 1.29 is 4.74 Å². The van der Waals surface area contributed by atoms with E-state index in [0.29, 0.717) is 5.02 Å². The molecule has 0 bridgehead atoms. The molecule has 0 N–H and O–H groups in total. The molecule has 0 amide bonds. The van der Waals surface area contributed by atoms with Crippen LogP contribution in [0.25, 0.3) is 32.7 Å². The lowest BCUT2D eigenvalue weighted by molar-refractivity contribution is 0.416. The smallest absolute Gasteiger partial charge is 0.126 e. The maximum absolute atomic E-state index is 6.24. The van der Waals surface area contributed by atoms with Gasteiger partial charge in [-0.25, -0.2) is 0 Å². The van der Waals surface area contributed by atoms with E-state index in [9.17, 15) is 0 Å². The van der Waals surface area contributed by atoms with Crippen molar-refractivity contribution in [2.45, 2.75) is 0 Å². The molecule has 0 unspecified atom stereocenters. The average Bonchev–Trinajstić information content (AvgIpc) is 2.61. The van der Waals surface area contributed by atoms with Crippen molar-refractivity contribution in [2.24, 2.45) is 0 Å². The molecule has 0 aliphatic heterocycles. The van der Waals surface area contributed by atoms with Crippen LogP contribution in [-0.4, -0.2) is 7.11 Å². The SMILES string of the molecule is COc1ccc(Cl)cc1-c1cc2ccccc2c2ccccc12. The van der Waals surface area contributed by atoms with Crippen molar-refractivity contribution in [1.29, 1.82) is 0 Å². The summed E-state index contributed by atoms with van der Waals surface area (Å²) < 4.78 is 5.56. The molecule has 0 saturated heterocycles. The van der Waals surface area contributed by atoms with Gasteiger partial charge in [0, 0.05) is 10.6 Å². The predicted octanol–water partition coefficient (Wildman–Crippen LogP) is 6.32. The Balaban J connectivity index is 2.16. The topological polar surface area (TPSA) is 9.23 Å². The average molecular weight is 319 g/mol. The van der Waals surface area contributed by atoms with Crippen LogP contribution in [0, 0.1) is 0 Å². The van der Waals surface area contributed by atoms with E-state index in [1.807, 2.05) is 18.2 Å². The quantitative estimate of drug-likeness (QED) is 0.393. The van der Waals surface area contributed by atoms with Gasteiger partial charge in [-0.3, -0.25) is 0 Å². The van der Waals surface area contributed by atoms with Crippen LogP contribution in [-0.2, 0) is 0 Å².